The Kier molecular flexibility index (Phi) is 2.68. The van der Waals surface area contributed by atoms with Crippen molar-refractivity contribution in [1.82, 2.24) is 10.2 Å². The van der Waals surface area contributed by atoms with Gasteiger partial charge in [-0.05, 0) is 5.92 Å². The second-order valence-corrected chi connectivity index (χ2v) is 3.12. The first-order valence-corrected chi connectivity index (χ1v) is 4.19. The van der Waals surface area contributed by atoms with E-state index in [0.29, 0.717) is 18.9 Å². The quantitative estimate of drug-likeness (QED) is 0.626. The fourth-order valence-corrected chi connectivity index (χ4v) is 1.21. The number of carbonyl (C=O) groups excluding carboxylic acids is 2. The average molecular weight is 170 g/mol. The first kappa shape index (κ1) is 9.03. The summed E-state index contributed by atoms with van der Waals surface area (Å²) in [4.78, 5) is 23.5. The molecule has 3 amide bonds. The molecule has 1 aliphatic rings. The van der Waals surface area contributed by atoms with Gasteiger partial charge in [0.1, 0.15) is 0 Å². The summed E-state index contributed by atoms with van der Waals surface area (Å²) in [7, 11) is 1.51. The van der Waals surface area contributed by atoms with Crippen LogP contribution in [0.2, 0.25) is 0 Å². The first-order valence-electron chi connectivity index (χ1n) is 4.19. The summed E-state index contributed by atoms with van der Waals surface area (Å²) in [6, 6.07) is -0.282. The molecule has 12 heavy (non-hydrogen) atoms. The van der Waals surface area contributed by atoms with Crippen LogP contribution in [0.3, 0.4) is 0 Å². The predicted octanol–water partition coefficient (Wildman–Crippen LogP) is 0.584. The van der Waals surface area contributed by atoms with E-state index in [1.165, 1.54) is 7.05 Å². The van der Waals surface area contributed by atoms with Crippen LogP contribution in [-0.2, 0) is 4.79 Å². The Morgan fingerprint density at radius 3 is 2.83 bits per heavy atom. The third-order valence-corrected chi connectivity index (χ3v) is 2.26. The molecule has 0 aromatic carbocycles. The van der Waals surface area contributed by atoms with Gasteiger partial charge in [0.2, 0.25) is 5.91 Å². The standard InChI is InChI=1S/C8H14N2O2/c1-3-6-4-7(11)10(2)8(12)9-5-6/h6H,3-5H2,1-2H3,(H,9,12). The van der Waals surface area contributed by atoms with E-state index < -0.39 is 0 Å². The smallest absolute Gasteiger partial charge is 0.323 e. The molecule has 1 atom stereocenters. The molecule has 0 aromatic heterocycles. The molecule has 0 spiro atoms. The molecule has 1 N–H and O–H groups in total. The lowest BCUT2D eigenvalue weighted by atomic mass is 10.0. The molecule has 1 heterocycles. The van der Waals surface area contributed by atoms with Crippen LogP contribution in [0.5, 0.6) is 0 Å². The maximum absolute atomic E-state index is 11.3. The van der Waals surface area contributed by atoms with Crippen LogP contribution < -0.4 is 5.32 Å². The first-order chi connectivity index (χ1) is 5.65. The van der Waals surface area contributed by atoms with Crippen LogP contribution in [0.25, 0.3) is 0 Å². The van der Waals surface area contributed by atoms with Crippen LogP contribution in [0.1, 0.15) is 19.8 Å². The molecule has 1 rings (SSSR count). The molecule has 68 valence electrons. The van der Waals surface area contributed by atoms with Gasteiger partial charge in [-0.25, -0.2) is 4.79 Å². The fourth-order valence-electron chi connectivity index (χ4n) is 1.21. The second kappa shape index (κ2) is 3.56. The second-order valence-electron chi connectivity index (χ2n) is 3.12. The lowest BCUT2D eigenvalue weighted by Gasteiger charge is -2.10. The van der Waals surface area contributed by atoms with Gasteiger partial charge in [-0.2, -0.15) is 0 Å². The molecule has 1 unspecified atom stereocenters. The number of imide groups is 1. The highest BCUT2D eigenvalue weighted by Crippen LogP contribution is 2.11. The Hall–Kier alpha value is -1.06. The Morgan fingerprint density at radius 2 is 2.25 bits per heavy atom. The Balaban J connectivity index is 2.65. The minimum atomic E-state index is -0.282. The van der Waals surface area contributed by atoms with E-state index in [2.05, 4.69) is 5.32 Å². The van der Waals surface area contributed by atoms with Crippen molar-refractivity contribution >= 4 is 11.9 Å². The van der Waals surface area contributed by atoms with Gasteiger partial charge in [0.25, 0.3) is 0 Å². The average Bonchev–Trinajstić information content (AvgIpc) is 2.19. The van der Waals surface area contributed by atoms with Gasteiger partial charge >= 0.3 is 6.03 Å². The number of nitrogens with zero attached hydrogens (tertiary/aromatic N) is 1. The van der Waals surface area contributed by atoms with Gasteiger partial charge < -0.3 is 5.32 Å². The normalized spacial score (nSPS) is 25.2. The zero-order valence-electron chi connectivity index (χ0n) is 7.46. The van der Waals surface area contributed by atoms with Crippen molar-refractivity contribution < 1.29 is 9.59 Å². The largest absolute Gasteiger partial charge is 0.337 e. The summed E-state index contributed by atoms with van der Waals surface area (Å²) in [5, 5.41) is 2.69. The lowest BCUT2D eigenvalue weighted by molar-refractivity contribution is -0.127. The van der Waals surface area contributed by atoms with Crippen molar-refractivity contribution in [2.75, 3.05) is 13.6 Å². The molecule has 0 saturated carbocycles. The molecular formula is C8H14N2O2. The summed E-state index contributed by atoms with van der Waals surface area (Å²) in [6.07, 6.45) is 1.41. The van der Waals surface area contributed by atoms with E-state index in [-0.39, 0.29) is 11.9 Å². The van der Waals surface area contributed by atoms with Crippen molar-refractivity contribution in [2.24, 2.45) is 5.92 Å². The molecule has 4 heteroatoms. The van der Waals surface area contributed by atoms with Crippen LogP contribution in [0.4, 0.5) is 4.79 Å². The summed E-state index contributed by atoms with van der Waals surface area (Å²) in [5.41, 5.74) is 0. The molecule has 0 radical (unpaired) electrons. The van der Waals surface area contributed by atoms with Crippen molar-refractivity contribution in [3.05, 3.63) is 0 Å². The predicted molar refractivity (Wildman–Crippen MR) is 44.6 cm³/mol. The summed E-state index contributed by atoms with van der Waals surface area (Å²) < 4.78 is 0. The molecule has 4 nitrogen and oxygen atoms in total. The van der Waals surface area contributed by atoms with E-state index in [4.69, 9.17) is 0 Å². The highest BCUT2D eigenvalue weighted by Gasteiger charge is 2.24. The summed E-state index contributed by atoms with van der Waals surface area (Å²) >= 11 is 0. The molecule has 0 bridgehead atoms. The van der Waals surface area contributed by atoms with Gasteiger partial charge in [-0.1, -0.05) is 13.3 Å². The number of hydrogen-bond donors (Lipinski definition) is 1. The van der Waals surface area contributed by atoms with Crippen LogP contribution in [-0.4, -0.2) is 30.4 Å². The number of amides is 3. The third kappa shape index (κ3) is 1.75. The maximum Gasteiger partial charge on any atom is 0.323 e. The van der Waals surface area contributed by atoms with E-state index in [1.807, 2.05) is 6.92 Å². The molecule has 0 aliphatic carbocycles. The summed E-state index contributed by atoms with van der Waals surface area (Å²) in [5.74, 6) is 0.211. The monoisotopic (exact) mass is 170 g/mol. The van der Waals surface area contributed by atoms with Gasteiger partial charge in [-0.3, -0.25) is 9.69 Å². The van der Waals surface area contributed by atoms with E-state index in [0.717, 1.165) is 11.3 Å². The molecule has 1 aliphatic heterocycles. The molecule has 1 saturated heterocycles. The topological polar surface area (TPSA) is 49.4 Å². The van der Waals surface area contributed by atoms with E-state index in [9.17, 15) is 9.59 Å². The Labute approximate surface area is 71.9 Å². The third-order valence-electron chi connectivity index (χ3n) is 2.26. The van der Waals surface area contributed by atoms with Crippen LogP contribution in [0, 0.1) is 5.92 Å². The SMILES string of the molecule is CCC1CNC(=O)N(C)C(=O)C1. The van der Waals surface area contributed by atoms with E-state index >= 15 is 0 Å². The number of hydrogen-bond acceptors (Lipinski definition) is 2. The number of nitrogens with one attached hydrogen (secondary N) is 1. The minimum Gasteiger partial charge on any atom is -0.337 e. The highest BCUT2D eigenvalue weighted by molar-refractivity contribution is 5.94. The Bertz CT molecular complexity index is 203. The lowest BCUT2D eigenvalue weighted by Crippen LogP contribution is -2.38. The number of carbonyl (C=O) groups is 2. The Morgan fingerprint density at radius 1 is 1.58 bits per heavy atom. The van der Waals surface area contributed by atoms with Gasteiger partial charge in [0, 0.05) is 20.0 Å². The maximum atomic E-state index is 11.3. The highest BCUT2D eigenvalue weighted by atomic mass is 16.2. The number of urea groups is 1. The molecule has 1 fully saturated rings. The number of rotatable bonds is 1. The van der Waals surface area contributed by atoms with Crippen LogP contribution in [0.15, 0.2) is 0 Å². The van der Waals surface area contributed by atoms with Gasteiger partial charge in [0.05, 0.1) is 0 Å². The zero-order valence-corrected chi connectivity index (χ0v) is 7.46. The molecular weight excluding hydrogens is 156 g/mol. The summed E-state index contributed by atoms with van der Waals surface area (Å²) in [6.45, 7) is 2.64. The fraction of sp³-hybridized carbons (Fsp3) is 0.750. The van der Waals surface area contributed by atoms with Gasteiger partial charge in [0.15, 0.2) is 0 Å². The van der Waals surface area contributed by atoms with Crippen molar-refractivity contribution in [2.45, 2.75) is 19.8 Å². The van der Waals surface area contributed by atoms with Crippen molar-refractivity contribution in [3.8, 4) is 0 Å². The van der Waals surface area contributed by atoms with Crippen molar-refractivity contribution in [3.63, 3.8) is 0 Å². The van der Waals surface area contributed by atoms with Crippen molar-refractivity contribution in [1.29, 1.82) is 0 Å². The van der Waals surface area contributed by atoms with Crippen LogP contribution >= 0.6 is 0 Å². The zero-order chi connectivity index (χ0) is 9.14. The van der Waals surface area contributed by atoms with Gasteiger partial charge in [-0.15, -0.1) is 0 Å². The van der Waals surface area contributed by atoms with E-state index in [1.54, 1.807) is 0 Å². The minimum absolute atomic E-state index is 0.0862. The molecule has 0 aromatic rings.